The van der Waals surface area contributed by atoms with Crippen LogP contribution >= 0.6 is 11.6 Å². The monoisotopic (exact) mass is 444 g/mol. The average molecular weight is 445 g/mol. The molecule has 0 bridgehead atoms. The normalized spacial score (nSPS) is 10.8. The third kappa shape index (κ3) is 5.04. The second-order valence-corrected chi connectivity index (χ2v) is 6.81. The minimum absolute atomic E-state index is 0.0885. The molecule has 1 N–H and O–H groups in total. The summed E-state index contributed by atoms with van der Waals surface area (Å²) in [5.41, 5.74) is 0.953. The van der Waals surface area contributed by atoms with E-state index in [0.29, 0.717) is 11.6 Å². The number of rotatable bonds is 7. The van der Waals surface area contributed by atoms with Crippen LogP contribution in [0, 0.1) is 11.6 Å². The summed E-state index contributed by atoms with van der Waals surface area (Å²) in [6.45, 7) is 0.231. The molecule has 0 aliphatic rings. The molecule has 2 aromatic heterocycles. The third-order valence-corrected chi connectivity index (χ3v) is 4.54. The lowest BCUT2D eigenvalue weighted by Gasteiger charge is -2.07. The second-order valence-electron chi connectivity index (χ2n) is 6.40. The van der Waals surface area contributed by atoms with E-state index in [0.717, 1.165) is 17.7 Å². The highest BCUT2D eigenvalue weighted by Gasteiger charge is 2.13. The van der Waals surface area contributed by atoms with Gasteiger partial charge in [0.25, 0.3) is 5.91 Å². The zero-order valence-electron chi connectivity index (χ0n) is 15.9. The molecule has 0 spiro atoms. The first kappa shape index (κ1) is 20.5. The molecule has 0 saturated heterocycles. The molecule has 4 rings (SSSR count). The van der Waals surface area contributed by atoms with Crippen molar-refractivity contribution >= 4 is 23.5 Å². The summed E-state index contributed by atoms with van der Waals surface area (Å²) in [5, 5.41) is 11.4. The van der Waals surface area contributed by atoms with Gasteiger partial charge in [-0.15, -0.1) is 5.10 Å². The van der Waals surface area contributed by atoms with Crippen LogP contribution in [0.5, 0.6) is 5.75 Å². The smallest absolute Gasteiger partial charge is 0.278 e. The summed E-state index contributed by atoms with van der Waals surface area (Å²) in [5.74, 6) is -2.08. The van der Waals surface area contributed by atoms with Crippen molar-refractivity contribution in [1.82, 2.24) is 24.5 Å². The predicted octanol–water partition coefficient (Wildman–Crippen LogP) is 3.74. The van der Waals surface area contributed by atoms with Crippen LogP contribution in [-0.4, -0.2) is 30.5 Å². The van der Waals surface area contributed by atoms with Gasteiger partial charge in [-0.05, 0) is 29.8 Å². The van der Waals surface area contributed by atoms with Crippen LogP contribution in [-0.2, 0) is 13.3 Å². The van der Waals surface area contributed by atoms with E-state index in [-0.39, 0.29) is 24.1 Å². The van der Waals surface area contributed by atoms with Gasteiger partial charge in [-0.25, -0.2) is 23.1 Å². The van der Waals surface area contributed by atoms with E-state index in [1.807, 2.05) is 18.2 Å². The Morgan fingerprint density at radius 2 is 1.94 bits per heavy atom. The Morgan fingerprint density at radius 1 is 1.10 bits per heavy atom. The minimum Gasteiger partial charge on any atom is -0.468 e. The first-order chi connectivity index (χ1) is 15.0. The number of halogens is 3. The maximum atomic E-state index is 13.6. The molecular weight excluding hydrogens is 430 g/mol. The quantitative estimate of drug-likeness (QED) is 0.469. The van der Waals surface area contributed by atoms with Gasteiger partial charge in [0.2, 0.25) is 5.95 Å². The van der Waals surface area contributed by atoms with Crippen molar-refractivity contribution < 1.29 is 18.3 Å². The Bertz CT molecular complexity index is 1230. The van der Waals surface area contributed by atoms with Crippen molar-refractivity contribution in [3.8, 4) is 5.75 Å². The molecule has 0 atom stereocenters. The van der Waals surface area contributed by atoms with Crippen molar-refractivity contribution in [3.05, 3.63) is 89.0 Å². The maximum Gasteiger partial charge on any atom is 0.278 e. The van der Waals surface area contributed by atoms with Crippen LogP contribution in [0.1, 0.15) is 16.1 Å². The van der Waals surface area contributed by atoms with Crippen molar-refractivity contribution in [2.24, 2.45) is 0 Å². The molecule has 8 nitrogen and oxygen atoms in total. The van der Waals surface area contributed by atoms with E-state index >= 15 is 0 Å². The molecule has 0 aliphatic carbocycles. The van der Waals surface area contributed by atoms with Crippen molar-refractivity contribution in [3.63, 3.8) is 0 Å². The van der Waals surface area contributed by atoms with Gasteiger partial charge in [0.1, 0.15) is 12.1 Å². The topological polar surface area (TPSA) is 86.9 Å². The van der Waals surface area contributed by atoms with Gasteiger partial charge >= 0.3 is 0 Å². The molecule has 31 heavy (non-hydrogen) atoms. The van der Waals surface area contributed by atoms with Gasteiger partial charge in [0.15, 0.2) is 24.0 Å². The molecule has 0 aliphatic heterocycles. The van der Waals surface area contributed by atoms with E-state index in [2.05, 4.69) is 20.5 Å². The van der Waals surface area contributed by atoms with E-state index in [1.54, 1.807) is 10.7 Å². The highest BCUT2D eigenvalue weighted by Crippen LogP contribution is 2.18. The molecule has 0 radical (unpaired) electrons. The predicted molar refractivity (Wildman–Crippen MR) is 108 cm³/mol. The molecule has 2 heterocycles. The largest absolute Gasteiger partial charge is 0.468 e. The number of hydrogen-bond acceptors (Lipinski definition) is 5. The number of carbonyl (C=O) groups is 1. The van der Waals surface area contributed by atoms with E-state index in [4.69, 9.17) is 16.3 Å². The lowest BCUT2D eigenvalue weighted by Crippen LogP contribution is -2.15. The van der Waals surface area contributed by atoms with Crippen LogP contribution in [0.2, 0.25) is 5.02 Å². The summed E-state index contributed by atoms with van der Waals surface area (Å²) in [7, 11) is 0. The number of anilines is 1. The summed E-state index contributed by atoms with van der Waals surface area (Å²) in [4.78, 5) is 16.4. The number of nitrogens with one attached hydrogen (secondary N) is 1. The number of carbonyl (C=O) groups excluding carboxylic acids is 1. The van der Waals surface area contributed by atoms with E-state index in [1.165, 1.54) is 29.3 Å². The van der Waals surface area contributed by atoms with Crippen molar-refractivity contribution in [2.75, 3.05) is 5.32 Å². The summed E-state index contributed by atoms with van der Waals surface area (Å²) in [6, 6.07) is 11.8. The molecule has 158 valence electrons. The van der Waals surface area contributed by atoms with Crippen LogP contribution in [0.3, 0.4) is 0 Å². The Balaban J connectivity index is 1.35. The maximum absolute atomic E-state index is 13.6. The Morgan fingerprint density at radius 3 is 2.74 bits per heavy atom. The van der Waals surface area contributed by atoms with Crippen LogP contribution < -0.4 is 10.1 Å². The molecule has 0 saturated carbocycles. The summed E-state index contributed by atoms with van der Waals surface area (Å²) in [6.07, 6.45) is 2.96. The highest BCUT2D eigenvalue weighted by molar-refractivity contribution is 6.31. The fraction of sp³-hybridized carbons (Fsp3) is 0.100. The van der Waals surface area contributed by atoms with Crippen LogP contribution in [0.4, 0.5) is 14.7 Å². The standard InChI is InChI=1S/C20H15ClF2N6O2/c21-15-4-2-1-3-13(15)10-29-11-24-20(27-29)25-19(30)17-7-8-28(26-17)12-31-18-6-5-14(22)9-16(18)23/h1-9,11H,10,12H2,(H,25,27,30). The van der Waals surface area contributed by atoms with Crippen molar-refractivity contribution in [1.29, 1.82) is 0 Å². The first-order valence-electron chi connectivity index (χ1n) is 9.03. The van der Waals surface area contributed by atoms with Gasteiger partial charge < -0.3 is 4.74 Å². The van der Waals surface area contributed by atoms with E-state index in [9.17, 15) is 13.6 Å². The number of ether oxygens (including phenoxy) is 1. The highest BCUT2D eigenvalue weighted by atomic mass is 35.5. The summed E-state index contributed by atoms with van der Waals surface area (Å²) < 4.78 is 34.6. The van der Waals surface area contributed by atoms with Gasteiger partial charge in [-0.2, -0.15) is 5.10 Å². The molecule has 0 fully saturated rings. The molecule has 0 unspecified atom stereocenters. The zero-order valence-corrected chi connectivity index (χ0v) is 16.6. The van der Waals surface area contributed by atoms with Gasteiger partial charge in [-0.1, -0.05) is 29.8 Å². The molecule has 4 aromatic rings. The number of hydrogen-bond donors (Lipinski definition) is 1. The number of amides is 1. The number of nitrogens with zero attached hydrogens (tertiary/aromatic N) is 5. The van der Waals surface area contributed by atoms with Gasteiger partial charge in [0, 0.05) is 17.3 Å². The SMILES string of the molecule is O=C(Nc1ncn(Cc2ccccc2Cl)n1)c1ccn(COc2ccc(F)cc2F)n1. The molecule has 2 aromatic carbocycles. The second kappa shape index (κ2) is 8.92. The lowest BCUT2D eigenvalue weighted by atomic mass is 10.2. The lowest BCUT2D eigenvalue weighted by molar-refractivity contribution is 0.101. The zero-order chi connectivity index (χ0) is 21.8. The molecule has 11 heteroatoms. The molecule has 1 amide bonds. The number of benzene rings is 2. The first-order valence-corrected chi connectivity index (χ1v) is 9.41. The summed E-state index contributed by atoms with van der Waals surface area (Å²) >= 11 is 6.14. The van der Waals surface area contributed by atoms with Crippen LogP contribution in [0.25, 0.3) is 0 Å². The fourth-order valence-electron chi connectivity index (χ4n) is 2.68. The minimum atomic E-state index is -0.830. The molecular formula is C20H15ClF2N6O2. The average Bonchev–Trinajstić information content (AvgIpc) is 3.39. The van der Waals surface area contributed by atoms with Crippen LogP contribution in [0.15, 0.2) is 61.1 Å². The number of aromatic nitrogens is 5. The Labute approximate surface area is 180 Å². The Hall–Kier alpha value is -3.79. The van der Waals surface area contributed by atoms with Gasteiger partial charge in [-0.3, -0.25) is 10.1 Å². The fourth-order valence-corrected chi connectivity index (χ4v) is 2.87. The Kier molecular flexibility index (Phi) is 5.89. The third-order valence-electron chi connectivity index (χ3n) is 4.17. The van der Waals surface area contributed by atoms with Gasteiger partial charge in [0.05, 0.1) is 6.54 Å². The van der Waals surface area contributed by atoms with E-state index < -0.39 is 17.5 Å². The van der Waals surface area contributed by atoms with Crippen molar-refractivity contribution in [2.45, 2.75) is 13.3 Å².